The summed E-state index contributed by atoms with van der Waals surface area (Å²) in [7, 11) is 0. The molecule has 1 saturated heterocycles. The van der Waals surface area contributed by atoms with E-state index >= 15 is 0 Å². The summed E-state index contributed by atoms with van der Waals surface area (Å²) in [5, 5.41) is 15.4. The van der Waals surface area contributed by atoms with Gasteiger partial charge in [0, 0.05) is 48.4 Å². The second-order valence-electron chi connectivity index (χ2n) is 9.06. The third-order valence-corrected chi connectivity index (χ3v) is 6.90. The number of hydrazone groups is 1. The van der Waals surface area contributed by atoms with E-state index < -0.39 is 5.91 Å². The molecule has 1 aliphatic heterocycles. The van der Waals surface area contributed by atoms with Gasteiger partial charge in [-0.2, -0.15) is 5.10 Å². The van der Waals surface area contributed by atoms with E-state index in [1.54, 1.807) is 12.3 Å². The van der Waals surface area contributed by atoms with Crippen LogP contribution in [-0.4, -0.2) is 60.8 Å². The number of benzene rings is 4. The molecule has 0 unspecified atom stereocenters. The Kier molecular flexibility index (Phi) is 7.94. The molecule has 2 amide bonds. The number of amides is 2. The molecule has 1 heterocycles. The molecule has 39 heavy (non-hydrogen) atoms. The number of ether oxygens (including phenoxy) is 1. The summed E-state index contributed by atoms with van der Waals surface area (Å²) < 4.78 is 5.97. The van der Waals surface area contributed by atoms with Crippen molar-refractivity contribution in [2.45, 2.75) is 0 Å². The molecule has 0 saturated carbocycles. The minimum Gasteiger partial charge on any atom is -0.506 e. The zero-order chi connectivity index (χ0) is 27.2. The topological polar surface area (TPSA) is 94.5 Å². The smallest absolute Gasteiger partial charge is 0.271 e. The Morgan fingerprint density at radius 3 is 2.38 bits per heavy atom. The van der Waals surface area contributed by atoms with E-state index in [1.807, 2.05) is 53.4 Å². The van der Waals surface area contributed by atoms with Gasteiger partial charge in [0.25, 0.3) is 11.8 Å². The molecule has 2 N–H and O–H groups in total. The van der Waals surface area contributed by atoms with Crippen LogP contribution >= 0.6 is 11.6 Å². The second kappa shape index (κ2) is 11.9. The number of carbonyl (C=O) groups is 2. The van der Waals surface area contributed by atoms with E-state index in [9.17, 15) is 14.7 Å². The molecule has 4 aromatic carbocycles. The first kappa shape index (κ1) is 26.1. The molecular formula is C30H27ClN4O4. The lowest BCUT2D eigenvalue weighted by atomic mass is 10.0. The molecule has 0 atom stereocenters. The van der Waals surface area contributed by atoms with Crippen LogP contribution in [0.2, 0.25) is 5.02 Å². The third-order valence-electron chi connectivity index (χ3n) is 6.60. The number of nitrogens with zero attached hydrogens (tertiary/aromatic N) is 3. The van der Waals surface area contributed by atoms with Crippen LogP contribution in [-0.2, 0) is 4.79 Å². The maximum absolute atomic E-state index is 12.9. The maximum Gasteiger partial charge on any atom is 0.271 e. The van der Waals surface area contributed by atoms with Gasteiger partial charge in [-0.1, -0.05) is 54.1 Å². The van der Waals surface area contributed by atoms with Gasteiger partial charge in [-0.25, -0.2) is 5.43 Å². The molecule has 0 spiro atoms. The number of halogens is 1. The second-order valence-corrected chi connectivity index (χ2v) is 9.46. The summed E-state index contributed by atoms with van der Waals surface area (Å²) in [6.45, 7) is 2.81. The number of rotatable bonds is 7. The lowest BCUT2D eigenvalue weighted by Crippen LogP contribution is -2.50. The van der Waals surface area contributed by atoms with Gasteiger partial charge in [-0.3, -0.25) is 9.59 Å². The molecule has 0 aromatic heterocycles. The molecule has 0 radical (unpaired) electrons. The molecule has 9 heteroatoms. The highest BCUT2D eigenvalue weighted by atomic mass is 35.5. The van der Waals surface area contributed by atoms with Gasteiger partial charge >= 0.3 is 0 Å². The van der Waals surface area contributed by atoms with Crippen LogP contribution in [0.1, 0.15) is 15.9 Å². The molecular weight excluding hydrogens is 516 g/mol. The first-order valence-corrected chi connectivity index (χ1v) is 12.9. The number of carbonyl (C=O) groups excluding carboxylic acids is 2. The number of hydrogen-bond donors (Lipinski definition) is 2. The standard InChI is InChI=1S/C30H27ClN4O4/c31-26-18-21(10-12-27(26)36)30(38)33-32-19-22-11-13-28(25-9-5-4-8-24(22)25)39-20-29(37)35-16-14-34(15-17-35)23-6-2-1-3-7-23/h1-13,18-19,36H,14-17,20H2,(H,33,38)/b32-19+. The Morgan fingerprint density at radius 1 is 0.923 bits per heavy atom. The Balaban J connectivity index is 1.20. The fraction of sp³-hybridized carbons (Fsp3) is 0.167. The van der Waals surface area contributed by atoms with E-state index in [4.69, 9.17) is 16.3 Å². The summed E-state index contributed by atoms with van der Waals surface area (Å²) in [6, 6.07) is 25.6. The van der Waals surface area contributed by atoms with Crippen LogP contribution in [0.15, 0.2) is 90.0 Å². The Hall–Kier alpha value is -4.56. The molecule has 5 rings (SSSR count). The third kappa shape index (κ3) is 6.13. The number of phenolic OH excluding ortho intramolecular Hbond substituents is 1. The number of anilines is 1. The zero-order valence-corrected chi connectivity index (χ0v) is 21.8. The van der Waals surface area contributed by atoms with Crippen molar-refractivity contribution in [3.63, 3.8) is 0 Å². The van der Waals surface area contributed by atoms with E-state index in [0.717, 1.165) is 29.4 Å². The highest BCUT2D eigenvalue weighted by molar-refractivity contribution is 6.32. The number of fused-ring (bicyclic) bond motifs is 1. The molecule has 4 aromatic rings. The van der Waals surface area contributed by atoms with E-state index in [-0.39, 0.29) is 28.8 Å². The van der Waals surface area contributed by atoms with Crippen LogP contribution in [0, 0.1) is 0 Å². The van der Waals surface area contributed by atoms with Crippen LogP contribution in [0.25, 0.3) is 10.8 Å². The van der Waals surface area contributed by atoms with Crippen molar-refractivity contribution in [2.24, 2.45) is 5.10 Å². The van der Waals surface area contributed by atoms with Crippen LogP contribution in [0.4, 0.5) is 5.69 Å². The number of piperazine rings is 1. The predicted octanol–water partition coefficient (Wildman–Crippen LogP) is 4.69. The number of phenols is 1. The summed E-state index contributed by atoms with van der Waals surface area (Å²) in [6.07, 6.45) is 1.55. The molecule has 8 nitrogen and oxygen atoms in total. The van der Waals surface area contributed by atoms with Crippen LogP contribution < -0.4 is 15.1 Å². The number of aromatic hydroxyl groups is 1. The fourth-order valence-electron chi connectivity index (χ4n) is 4.49. The lowest BCUT2D eigenvalue weighted by Gasteiger charge is -2.36. The quantitative estimate of drug-likeness (QED) is 0.261. The normalized spacial score (nSPS) is 13.6. The van der Waals surface area contributed by atoms with Gasteiger partial charge in [0.2, 0.25) is 0 Å². The van der Waals surface area contributed by atoms with Crippen molar-refractivity contribution >= 4 is 46.1 Å². The van der Waals surface area contributed by atoms with Gasteiger partial charge in [-0.15, -0.1) is 0 Å². The van der Waals surface area contributed by atoms with Crippen molar-refractivity contribution in [3.8, 4) is 11.5 Å². The fourth-order valence-corrected chi connectivity index (χ4v) is 4.67. The molecule has 1 fully saturated rings. The minimum atomic E-state index is -0.458. The summed E-state index contributed by atoms with van der Waals surface area (Å²) in [4.78, 5) is 29.4. The lowest BCUT2D eigenvalue weighted by molar-refractivity contribution is -0.133. The van der Waals surface area contributed by atoms with Crippen molar-refractivity contribution in [2.75, 3.05) is 37.7 Å². The van der Waals surface area contributed by atoms with Crippen LogP contribution in [0.3, 0.4) is 0 Å². The number of para-hydroxylation sites is 1. The first-order chi connectivity index (χ1) is 19.0. The zero-order valence-electron chi connectivity index (χ0n) is 21.1. The van der Waals surface area contributed by atoms with E-state index in [1.165, 1.54) is 23.9 Å². The summed E-state index contributed by atoms with van der Waals surface area (Å²) in [5.41, 5.74) is 4.68. The monoisotopic (exact) mass is 542 g/mol. The van der Waals surface area contributed by atoms with Gasteiger partial charge in [-0.05, 0) is 47.9 Å². The average molecular weight is 543 g/mol. The Labute approximate surface area is 231 Å². The highest BCUT2D eigenvalue weighted by Gasteiger charge is 2.22. The predicted molar refractivity (Wildman–Crippen MR) is 153 cm³/mol. The van der Waals surface area contributed by atoms with Gasteiger partial charge in [0.1, 0.15) is 11.5 Å². The number of hydrogen-bond acceptors (Lipinski definition) is 6. The average Bonchev–Trinajstić information content (AvgIpc) is 2.98. The van der Waals surface area contributed by atoms with Gasteiger partial charge in [0.05, 0.1) is 11.2 Å². The van der Waals surface area contributed by atoms with Crippen molar-refractivity contribution < 1.29 is 19.4 Å². The van der Waals surface area contributed by atoms with Gasteiger partial charge < -0.3 is 19.6 Å². The SMILES string of the molecule is O=C(N/N=C/c1ccc(OCC(=O)N2CCN(c3ccccc3)CC2)c2ccccc12)c1ccc(O)c(Cl)c1. The molecule has 0 aliphatic carbocycles. The molecule has 0 bridgehead atoms. The van der Waals surface area contributed by atoms with Crippen LogP contribution in [0.5, 0.6) is 11.5 Å². The summed E-state index contributed by atoms with van der Waals surface area (Å²) in [5.74, 6) is -0.00498. The largest absolute Gasteiger partial charge is 0.506 e. The van der Waals surface area contributed by atoms with Crippen molar-refractivity contribution in [1.82, 2.24) is 10.3 Å². The Morgan fingerprint density at radius 2 is 1.64 bits per heavy atom. The maximum atomic E-state index is 12.9. The first-order valence-electron chi connectivity index (χ1n) is 12.5. The van der Waals surface area contributed by atoms with Gasteiger partial charge in [0.15, 0.2) is 6.61 Å². The molecule has 198 valence electrons. The highest BCUT2D eigenvalue weighted by Crippen LogP contribution is 2.28. The van der Waals surface area contributed by atoms with E-state index in [2.05, 4.69) is 27.6 Å². The minimum absolute atomic E-state index is 0.0468. The molecule has 1 aliphatic rings. The van der Waals surface area contributed by atoms with E-state index in [0.29, 0.717) is 18.8 Å². The van der Waals surface area contributed by atoms with Crippen molar-refractivity contribution in [1.29, 1.82) is 0 Å². The summed E-state index contributed by atoms with van der Waals surface area (Å²) >= 11 is 5.88. The van der Waals surface area contributed by atoms with Crippen molar-refractivity contribution in [3.05, 3.63) is 101 Å². The Bertz CT molecular complexity index is 1520. The number of nitrogens with one attached hydrogen (secondary N) is 1.